The molecule has 33 heavy (non-hydrogen) atoms. The molecule has 5 nitrogen and oxygen atoms in total. The minimum Gasteiger partial charge on any atom is -0.366 e. The molecule has 0 aliphatic carbocycles. The average molecular weight is 501 g/mol. The Hall–Kier alpha value is -2.87. The summed E-state index contributed by atoms with van der Waals surface area (Å²) in [7, 11) is 0. The molecule has 4 aromatic rings. The van der Waals surface area contributed by atoms with E-state index in [0.29, 0.717) is 59.0 Å². The number of halogens is 3. The highest BCUT2D eigenvalue weighted by molar-refractivity contribution is 7.13. The molecule has 2 aromatic carbocycles. The van der Waals surface area contributed by atoms with Crippen molar-refractivity contribution in [1.29, 1.82) is 0 Å². The van der Waals surface area contributed by atoms with Crippen molar-refractivity contribution in [1.82, 2.24) is 14.7 Å². The Morgan fingerprint density at radius 2 is 1.73 bits per heavy atom. The quantitative estimate of drug-likeness (QED) is 0.344. The Labute approximate surface area is 204 Å². The van der Waals surface area contributed by atoms with E-state index in [-0.39, 0.29) is 11.7 Å². The van der Waals surface area contributed by atoms with Crippen LogP contribution < -0.4 is 4.90 Å². The zero-order chi connectivity index (χ0) is 22.9. The maximum atomic E-state index is 14.2. The number of hydrogen-bond donors (Lipinski definition) is 0. The zero-order valence-electron chi connectivity index (χ0n) is 17.4. The van der Waals surface area contributed by atoms with Crippen LogP contribution in [-0.2, 0) is 0 Å². The lowest BCUT2D eigenvalue weighted by atomic mass is 10.2. The maximum Gasteiger partial charge on any atom is 0.272 e. The molecular weight excluding hydrogens is 482 g/mol. The molecular formula is C24H19Cl2FN4OS. The van der Waals surface area contributed by atoms with E-state index < -0.39 is 0 Å². The fraction of sp³-hybridized carbons (Fsp3) is 0.167. The van der Waals surface area contributed by atoms with Gasteiger partial charge < -0.3 is 9.80 Å². The monoisotopic (exact) mass is 500 g/mol. The summed E-state index contributed by atoms with van der Waals surface area (Å²) in [5.41, 5.74) is 2.37. The Morgan fingerprint density at radius 3 is 2.42 bits per heavy atom. The maximum absolute atomic E-state index is 14.2. The molecule has 1 aliphatic heterocycles. The predicted octanol–water partition coefficient (Wildman–Crippen LogP) is 6.01. The molecule has 0 bridgehead atoms. The van der Waals surface area contributed by atoms with Gasteiger partial charge in [0.05, 0.1) is 26.3 Å². The number of anilines is 1. The van der Waals surface area contributed by atoms with E-state index in [0.717, 1.165) is 4.88 Å². The van der Waals surface area contributed by atoms with Crippen LogP contribution in [0.1, 0.15) is 10.5 Å². The number of amides is 1. The zero-order valence-corrected chi connectivity index (χ0v) is 19.7. The number of carbonyl (C=O) groups excluding carboxylic acids is 1. The van der Waals surface area contributed by atoms with Crippen molar-refractivity contribution in [2.75, 3.05) is 31.1 Å². The molecule has 1 fully saturated rings. The highest BCUT2D eigenvalue weighted by Crippen LogP contribution is 2.29. The van der Waals surface area contributed by atoms with Gasteiger partial charge in [-0.3, -0.25) is 4.79 Å². The smallest absolute Gasteiger partial charge is 0.272 e. The van der Waals surface area contributed by atoms with Gasteiger partial charge in [-0.15, -0.1) is 11.3 Å². The average Bonchev–Trinajstić information content (AvgIpc) is 3.51. The standard InChI is InChI=1S/C24H19Cl2FN4OS/c25-17-8-7-16(14-18(17)26)31-22(15-20(28-31)23-6-3-13-33-23)24(32)30-11-9-29(10-12-30)21-5-2-1-4-19(21)27/h1-8,13-15H,9-12H2. The summed E-state index contributed by atoms with van der Waals surface area (Å²) in [6.45, 7) is 2.05. The molecule has 1 amide bonds. The number of piperazine rings is 1. The summed E-state index contributed by atoms with van der Waals surface area (Å²) in [6.07, 6.45) is 0. The van der Waals surface area contributed by atoms with E-state index in [1.165, 1.54) is 6.07 Å². The van der Waals surface area contributed by atoms with Gasteiger partial charge in [0.25, 0.3) is 5.91 Å². The van der Waals surface area contributed by atoms with Crippen LogP contribution in [0.25, 0.3) is 16.3 Å². The molecule has 168 valence electrons. The first kappa shape index (κ1) is 21.9. The lowest BCUT2D eigenvalue weighted by molar-refractivity contribution is 0.0737. The topological polar surface area (TPSA) is 41.4 Å². The SMILES string of the molecule is O=C(c1cc(-c2cccs2)nn1-c1ccc(Cl)c(Cl)c1)N1CCN(c2ccccc2F)CC1. The fourth-order valence-electron chi connectivity index (χ4n) is 3.91. The van der Waals surface area contributed by atoms with Gasteiger partial charge in [-0.05, 0) is 47.8 Å². The molecule has 0 unspecified atom stereocenters. The van der Waals surface area contributed by atoms with E-state index in [2.05, 4.69) is 0 Å². The molecule has 0 spiro atoms. The number of aromatic nitrogens is 2. The van der Waals surface area contributed by atoms with Crippen molar-refractivity contribution in [3.8, 4) is 16.3 Å². The third-order valence-electron chi connectivity index (χ3n) is 5.61. The first-order chi connectivity index (χ1) is 16.0. The fourth-order valence-corrected chi connectivity index (χ4v) is 4.89. The summed E-state index contributed by atoms with van der Waals surface area (Å²) in [6, 6.07) is 17.6. The predicted molar refractivity (Wildman–Crippen MR) is 131 cm³/mol. The molecule has 9 heteroatoms. The van der Waals surface area contributed by atoms with Gasteiger partial charge in [0.2, 0.25) is 0 Å². The van der Waals surface area contributed by atoms with E-state index >= 15 is 0 Å². The van der Waals surface area contributed by atoms with Crippen LogP contribution in [0.15, 0.2) is 66.0 Å². The van der Waals surface area contributed by atoms with Crippen molar-refractivity contribution in [2.24, 2.45) is 0 Å². The van der Waals surface area contributed by atoms with E-state index in [4.69, 9.17) is 28.3 Å². The van der Waals surface area contributed by atoms with Crippen molar-refractivity contribution in [3.05, 3.63) is 87.6 Å². The van der Waals surface area contributed by atoms with Crippen LogP contribution in [0.2, 0.25) is 10.0 Å². The van der Waals surface area contributed by atoms with Gasteiger partial charge in [-0.2, -0.15) is 5.10 Å². The number of para-hydroxylation sites is 1. The van der Waals surface area contributed by atoms with Gasteiger partial charge in [0.15, 0.2) is 0 Å². The van der Waals surface area contributed by atoms with E-state index in [9.17, 15) is 9.18 Å². The molecule has 0 N–H and O–H groups in total. The van der Waals surface area contributed by atoms with Gasteiger partial charge in [0.1, 0.15) is 17.2 Å². The number of rotatable bonds is 4. The molecule has 3 heterocycles. The minimum atomic E-state index is -0.254. The first-order valence-corrected chi connectivity index (χ1v) is 12.0. The van der Waals surface area contributed by atoms with E-state index in [1.807, 2.05) is 28.5 Å². The molecule has 1 aliphatic rings. The van der Waals surface area contributed by atoms with Gasteiger partial charge in [-0.1, -0.05) is 41.4 Å². The summed E-state index contributed by atoms with van der Waals surface area (Å²) >= 11 is 13.9. The van der Waals surface area contributed by atoms with E-state index in [1.54, 1.807) is 57.3 Å². The largest absolute Gasteiger partial charge is 0.366 e. The van der Waals surface area contributed by atoms with Crippen molar-refractivity contribution in [2.45, 2.75) is 0 Å². The van der Waals surface area contributed by atoms with Crippen molar-refractivity contribution in [3.63, 3.8) is 0 Å². The van der Waals surface area contributed by atoms with Crippen molar-refractivity contribution >= 4 is 46.1 Å². The number of thiophene rings is 1. The second kappa shape index (κ2) is 9.17. The molecule has 2 aromatic heterocycles. The van der Waals surface area contributed by atoms with Crippen molar-refractivity contribution < 1.29 is 9.18 Å². The van der Waals surface area contributed by atoms with Gasteiger partial charge in [-0.25, -0.2) is 9.07 Å². The van der Waals surface area contributed by atoms with Gasteiger partial charge >= 0.3 is 0 Å². The number of hydrogen-bond acceptors (Lipinski definition) is 4. The Balaban J connectivity index is 1.44. The Bertz CT molecular complexity index is 1300. The second-order valence-corrected chi connectivity index (χ2v) is 9.40. The lowest BCUT2D eigenvalue weighted by Crippen LogP contribution is -2.49. The second-order valence-electron chi connectivity index (χ2n) is 7.63. The molecule has 5 rings (SSSR count). The Morgan fingerprint density at radius 1 is 0.939 bits per heavy atom. The summed E-state index contributed by atoms with van der Waals surface area (Å²) < 4.78 is 15.8. The molecule has 0 atom stereocenters. The van der Waals surface area contributed by atoms with Crippen LogP contribution >= 0.6 is 34.5 Å². The lowest BCUT2D eigenvalue weighted by Gasteiger charge is -2.36. The first-order valence-electron chi connectivity index (χ1n) is 10.4. The molecule has 0 saturated carbocycles. The summed E-state index contributed by atoms with van der Waals surface area (Å²) in [5, 5.41) is 7.49. The summed E-state index contributed by atoms with van der Waals surface area (Å²) in [5.74, 6) is -0.389. The van der Waals surface area contributed by atoms with Crippen LogP contribution in [-0.4, -0.2) is 46.8 Å². The third-order valence-corrected chi connectivity index (χ3v) is 7.24. The number of nitrogens with zero attached hydrogens (tertiary/aromatic N) is 4. The normalized spacial score (nSPS) is 14.0. The number of carbonyl (C=O) groups is 1. The Kier molecular flexibility index (Phi) is 6.10. The van der Waals surface area contributed by atoms with Crippen LogP contribution in [0, 0.1) is 5.82 Å². The molecule has 0 radical (unpaired) electrons. The minimum absolute atomic E-state index is 0.135. The highest BCUT2D eigenvalue weighted by atomic mass is 35.5. The third kappa shape index (κ3) is 4.36. The van der Waals surface area contributed by atoms with Crippen LogP contribution in [0.5, 0.6) is 0 Å². The number of benzene rings is 2. The van der Waals surface area contributed by atoms with Crippen LogP contribution in [0.3, 0.4) is 0 Å². The van der Waals surface area contributed by atoms with Crippen LogP contribution in [0.4, 0.5) is 10.1 Å². The van der Waals surface area contributed by atoms with Gasteiger partial charge in [0, 0.05) is 26.2 Å². The summed E-state index contributed by atoms with van der Waals surface area (Å²) in [4.78, 5) is 18.3. The highest BCUT2D eigenvalue weighted by Gasteiger charge is 2.27. The molecule has 1 saturated heterocycles.